The average molecular weight is 378 g/mol. The summed E-state index contributed by atoms with van der Waals surface area (Å²) in [6.07, 6.45) is 5.75. The number of benzene rings is 2. The molecule has 0 N–H and O–H groups in total. The average Bonchev–Trinajstić information content (AvgIpc) is 3.04. The summed E-state index contributed by atoms with van der Waals surface area (Å²) < 4.78 is 15.4. The molecule has 0 aliphatic carbocycles. The Kier molecular flexibility index (Phi) is 5.58. The largest absolute Gasteiger partial charge is 0.350 e. The molecule has 146 valence electrons. The van der Waals surface area contributed by atoms with E-state index in [-0.39, 0.29) is 11.6 Å². The van der Waals surface area contributed by atoms with Crippen molar-refractivity contribution < 1.29 is 9.18 Å². The summed E-state index contributed by atoms with van der Waals surface area (Å²) in [5.41, 5.74) is 2.99. The number of ketones is 1. The van der Waals surface area contributed by atoms with Gasteiger partial charge in [-0.2, -0.15) is 0 Å². The van der Waals surface area contributed by atoms with Crippen LogP contribution in [0.2, 0.25) is 0 Å². The molecule has 3 aromatic rings. The Morgan fingerprint density at radius 1 is 1.11 bits per heavy atom. The molecule has 1 fully saturated rings. The predicted octanol–water partition coefficient (Wildman–Crippen LogP) is 5.19. The van der Waals surface area contributed by atoms with Gasteiger partial charge < -0.3 is 4.57 Å². The van der Waals surface area contributed by atoms with E-state index in [2.05, 4.69) is 11.0 Å². The molecule has 1 saturated heterocycles. The highest BCUT2D eigenvalue weighted by Crippen LogP contribution is 2.26. The van der Waals surface area contributed by atoms with Crippen molar-refractivity contribution in [1.82, 2.24) is 9.47 Å². The number of piperidine rings is 1. The molecular weight excluding hydrogens is 351 g/mol. The molecule has 3 nitrogen and oxygen atoms in total. The van der Waals surface area contributed by atoms with Crippen molar-refractivity contribution in [2.24, 2.45) is 13.0 Å². The Morgan fingerprint density at radius 3 is 2.68 bits per heavy atom. The lowest BCUT2D eigenvalue weighted by Gasteiger charge is -2.32. The number of hydrogen-bond donors (Lipinski definition) is 0. The molecule has 4 rings (SSSR count). The van der Waals surface area contributed by atoms with Crippen LogP contribution in [0.4, 0.5) is 4.39 Å². The minimum absolute atomic E-state index is 0.167. The van der Waals surface area contributed by atoms with Crippen molar-refractivity contribution in [2.75, 3.05) is 13.1 Å². The van der Waals surface area contributed by atoms with Gasteiger partial charge in [-0.25, -0.2) is 4.39 Å². The topological polar surface area (TPSA) is 25.2 Å². The molecule has 0 spiro atoms. The van der Waals surface area contributed by atoms with Crippen LogP contribution in [-0.4, -0.2) is 28.3 Å². The third kappa shape index (κ3) is 4.17. The smallest absolute Gasteiger partial charge is 0.165 e. The van der Waals surface area contributed by atoms with Gasteiger partial charge in [0.05, 0.1) is 0 Å². The molecule has 0 radical (unpaired) electrons. The molecule has 0 unspecified atom stereocenters. The van der Waals surface area contributed by atoms with Crippen molar-refractivity contribution in [1.29, 1.82) is 0 Å². The molecule has 1 aliphatic rings. The molecule has 1 aromatic heterocycles. The van der Waals surface area contributed by atoms with Crippen LogP contribution in [0.5, 0.6) is 0 Å². The van der Waals surface area contributed by atoms with Gasteiger partial charge >= 0.3 is 0 Å². The predicted molar refractivity (Wildman–Crippen MR) is 111 cm³/mol. The Morgan fingerprint density at radius 2 is 1.89 bits per heavy atom. The van der Waals surface area contributed by atoms with E-state index < -0.39 is 0 Å². The second-order valence-corrected chi connectivity index (χ2v) is 7.98. The summed E-state index contributed by atoms with van der Waals surface area (Å²) in [7, 11) is 1.99. The van der Waals surface area contributed by atoms with E-state index in [9.17, 15) is 9.18 Å². The van der Waals surface area contributed by atoms with Gasteiger partial charge in [-0.3, -0.25) is 9.69 Å². The van der Waals surface area contributed by atoms with Crippen LogP contribution in [0.15, 0.2) is 54.7 Å². The summed E-state index contributed by atoms with van der Waals surface area (Å²) in [6.45, 7) is 2.84. The van der Waals surface area contributed by atoms with Crippen LogP contribution in [0.1, 0.15) is 41.6 Å². The fourth-order valence-corrected chi connectivity index (χ4v) is 4.36. The third-order valence-electron chi connectivity index (χ3n) is 5.98. The third-order valence-corrected chi connectivity index (χ3v) is 5.98. The summed E-state index contributed by atoms with van der Waals surface area (Å²) in [4.78, 5) is 15.2. The number of carbonyl (C=O) groups excluding carboxylic acids is 1. The van der Waals surface area contributed by atoms with Gasteiger partial charge in [0.15, 0.2) is 5.78 Å². The van der Waals surface area contributed by atoms with Crippen LogP contribution in [0.3, 0.4) is 0 Å². The van der Waals surface area contributed by atoms with E-state index >= 15 is 0 Å². The van der Waals surface area contributed by atoms with Gasteiger partial charge in [-0.05, 0) is 62.0 Å². The molecule has 0 saturated carbocycles. The number of hydrogen-bond acceptors (Lipinski definition) is 2. The minimum Gasteiger partial charge on any atom is -0.350 e. The van der Waals surface area contributed by atoms with E-state index in [0.717, 1.165) is 60.9 Å². The minimum atomic E-state index is -0.167. The number of para-hydroxylation sites is 1. The summed E-state index contributed by atoms with van der Waals surface area (Å²) in [6, 6.07) is 15.0. The van der Waals surface area contributed by atoms with Crippen molar-refractivity contribution in [2.45, 2.75) is 32.2 Å². The number of halogens is 1. The highest BCUT2D eigenvalue weighted by Gasteiger charge is 2.21. The van der Waals surface area contributed by atoms with Crippen molar-refractivity contribution in [3.63, 3.8) is 0 Å². The van der Waals surface area contributed by atoms with Crippen LogP contribution >= 0.6 is 0 Å². The lowest BCUT2D eigenvalue weighted by molar-refractivity contribution is 0.0963. The van der Waals surface area contributed by atoms with E-state index in [0.29, 0.717) is 12.3 Å². The van der Waals surface area contributed by atoms with E-state index in [1.165, 1.54) is 6.07 Å². The lowest BCUT2D eigenvalue weighted by Crippen LogP contribution is -2.33. The molecule has 0 atom stereocenters. The number of carbonyl (C=O) groups is 1. The van der Waals surface area contributed by atoms with Crippen LogP contribution < -0.4 is 0 Å². The van der Waals surface area contributed by atoms with E-state index in [4.69, 9.17) is 0 Å². The molecule has 0 amide bonds. The summed E-state index contributed by atoms with van der Waals surface area (Å²) >= 11 is 0. The standard InChI is InChI=1S/C24H27FN2O/c1-26-17-22(21-7-2-3-8-23(21)26)24(28)10-9-18-11-13-27(14-12-18)16-19-5-4-6-20(25)15-19/h2-8,15,17-18H,9-14,16H2,1H3. The molecular formula is C24H27FN2O. The van der Waals surface area contributed by atoms with Gasteiger partial charge in [-0.15, -0.1) is 0 Å². The first-order chi connectivity index (χ1) is 13.6. The first kappa shape index (κ1) is 18.9. The number of rotatable bonds is 6. The fourth-order valence-electron chi connectivity index (χ4n) is 4.36. The Bertz CT molecular complexity index is 970. The molecule has 1 aliphatic heterocycles. The zero-order chi connectivity index (χ0) is 19.5. The van der Waals surface area contributed by atoms with Crippen LogP contribution in [0.25, 0.3) is 10.9 Å². The van der Waals surface area contributed by atoms with Gasteiger partial charge in [0.2, 0.25) is 0 Å². The van der Waals surface area contributed by atoms with Crippen LogP contribution in [0, 0.1) is 11.7 Å². The molecule has 2 heterocycles. The maximum absolute atomic E-state index is 13.3. The maximum Gasteiger partial charge on any atom is 0.165 e. The van der Waals surface area contributed by atoms with Gasteiger partial charge in [0.25, 0.3) is 0 Å². The number of fused-ring (bicyclic) bond motifs is 1. The summed E-state index contributed by atoms with van der Waals surface area (Å²) in [5, 5.41) is 1.06. The van der Waals surface area contributed by atoms with Crippen molar-refractivity contribution in [3.8, 4) is 0 Å². The van der Waals surface area contributed by atoms with Crippen LogP contribution in [-0.2, 0) is 13.6 Å². The van der Waals surface area contributed by atoms with E-state index in [1.54, 1.807) is 12.1 Å². The summed E-state index contributed by atoms with van der Waals surface area (Å²) in [5.74, 6) is 0.681. The monoisotopic (exact) mass is 378 g/mol. The Hall–Kier alpha value is -2.46. The Labute approximate surface area is 165 Å². The second-order valence-electron chi connectivity index (χ2n) is 7.98. The normalized spacial score (nSPS) is 15.9. The number of aryl methyl sites for hydroxylation is 1. The zero-order valence-corrected chi connectivity index (χ0v) is 16.4. The number of nitrogens with zero attached hydrogens (tertiary/aromatic N) is 2. The molecule has 4 heteroatoms. The molecule has 2 aromatic carbocycles. The number of likely N-dealkylation sites (tertiary alicyclic amines) is 1. The highest BCUT2D eigenvalue weighted by molar-refractivity contribution is 6.08. The quantitative estimate of drug-likeness (QED) is 0.551. The molecule has 0 bridgehead atoms. The first-order valence-electron chi connectivity index (χ1n) is 10.1. The SMILES string of the molecule is Cn1cc(C(=O)CCC2CCN(Cc3cccc(F)c3)CC2)c2ccccc21. The first-order valence-corrected chi connectivity index (χ1v) is 10.1. The fraction of sp³-hybridized carbons (Fsp3) is 0.375. The van der Waals surface area contributed by atoms with Gasteiger partial charge in [0, 0.05) is 42.7 Å². The van der Waals surface area contributed by atoms with Crippen molar-refractivity contribution >= 4 is 16.7 Å². The van der Waals surface area contributed by atoms with Gasteiger partial charge in [-0.1, -0.05) is 30.3 Å². The second kappa shape index (κ2) is 8.27. The highest BCUT2D eigenvalue weighted by atomic mass is 19.1. The molecule has 28 heavy (non-hydrogen) atoms. The Balaban J connectivity index is 1.29. The maximum atomic E-state index is 13.3. The van der Waals surface area contributed by atoms with E-state index in [1.807, 2.05) is 42.1 Å². The number of Topliss-reactive ketones (excluding diaryl/α,β-unsaturated/α-hetero) is 1. The zero-order valence-electron chi connectivity index (χ0n) is 16.4. The van der Waals surface area contributed by atoms with Gasteiger partial charge in [0.1, 0.15) is 5.82 Å². The number of aromatic nitrogens is 1. The van der Waals surface area contributed by atoms with Crippen molar-refractivity contribution in [3.05, 3.63) is 71.7 Å². The lowest BCUT2D eigenvalue weighted by atomic mass is 9.90.